The zero-order valence-electron chi connectivity index (χ0n) is 10.9. The molecule has 7 heteroatoms. The molecule has 1 aliphatic rings. The summed E-state index contributed by atoms with van der Waals surface area (Å²) in [5, 5.41) is 2.91. The molecule has 1 amide bonds. The van der Waals surface area contributed by atoms with Crippen LogP contribution in [-0.4, -0.2) is 28.5 Å². The van der Waals surface area contributed by atoms with Gasteiger partial charge in [0.2, 0.25) is 5.91 Å². The topological polar surface area (TPSA) is 95.0 Å². The molecule has 1 saturated heterocycles. The number of aromatic amines is 1. The van der Waals surface area contributed by atoms with Crippen LogP contribution in [0, 0.1) is 0 Å². The minimum Gasteiger partial charge on any atom is -0.468 e. The van der Waals surface area contributed by atoms with Crippen LogP contribution in [0.3, 0.4) is 0 Å². The van der Waals surface area contributed by atoms with Crippen molar-refractivity contribution in [2.75, 3.05) is 6.54 Å². The van der Waals surface area contributed by atoms with Crippen LogP contribution in [0.5, 0.6) is 0 Å². The molecule has 2 aromatic heterocycles. The monoisotopic (exact) mass is 275 g/mol. The number of imidazole rings is 1. The number of H-pyrrole nitrogens is 1. The first-order valence-corrected chi connectivity index (χ1v) is 6.62. The maximum Gasteiger partial charge on any atom is 0.238 e. The number of nitrogens with one attached hydrogen (secondary N) is 4. The maximum atomic E-state index is 12.0. The van der Waals surface area contributed by atoms with Crippen molar-refractivity contribution in [3.8, 4) is 0 Å². The Morgan fingerprint density at radius 1 is 1.50 bits per heavy atom. The van der Waals surface area contributed by atoms with Gasteiger partial charge in [-0.15, -0.1) is 0 Å². The van der Waals surface area contributed by atoms with E-state index in [0.29, 0.717) is 13.0 Å². The van der Waals surface area contributed by atoms with Gasteiger partial charge in [-0.1, -0.05) is 0 Å². The average Bonchev–Trinajstić information content (AvgIpc) is 3.20. The number of furan rings is 1. The van der Waals surface area contributed by atoms with E-state index in [0.717, 1.165) is 17.9 Å². The lowest BCUT2D eigenvalue weighted by atomic mass is 10.1. The van der Waals surface area contributed by atoms with E-state index < -0.39 is 0 Å². The predicted octanol–water partition coefficient (Wildman–Crippen LogP) is 0.269. The van der Waals surface area contributed by atoms with Gasteiger partial charge in [-0.05, 0) is 18.6 Å². The highest BCUT2D eigenvalue weighted by Gasteiger charge is 2.31. The number of hydrazine groups is 1. The van der Waals surface area contributed by atoms with E-state index >= 15 is 0 Å². The fourth-order valence-corrected chi connectivity index (χ4v) is 2.27. The van der Waals surface area contributed by atoms with Crippen molar-refractivity contribution in [2.24, 2.45) is 0 Å². The molecule has 20 heavy (non-hydrogen) atoms. The molecule has 1 fully saturated rings. The molecule has 0 radical (unpaired) electrons. The first-order valence-electron chi connectivity index (χ1n) is 6.62. The lowest BCUT2D eigenvalue weighted by molar-refractivity contribution is -0.122. The number of nitrogens with zero attached hydrogens (tertiary/aromatic N) is 1. The molecule has 3 heterocycles. The van der Waals surface area contributed by atoms with Crippen LogP contribution in [0.1, 0.15) is 23.9 Å². The molecular formula is C13H17N5O2. The first kappa shape index (κ1) is 12.9. The van der Waals surface area contributed by atoms with Crippen molar-refractivity contribution in [3.05, 3.63) is 42.4 Å². The van der Waals surface area contributed by atoms with E-state index in [1.807, 2.05) is 12.1 Å². The summed E-state index contributed by atoms with van der Waals surface area (Å²) in [6.45, 7) is 0.588. The summed E-state index contributed by atoms with van der Waals surface area (Å²) in [7, 11) is 0. The molecule has 106 valence electrons. The molecule has 0 bridgehead atoms. The second-order valence-electron chi connectivity index (χ2n) is 4.76. The zero-order chi connectivity index (χ0) is 13.8. The average molecular weight is 275 g/mol. The molecular weight excluding hydrogens is 258 g/mol. The number of hydrogen-bond acceptors (Lipinski definition) is 5. The van der Waals surface area contributed by atoms with Gasteiger partial charge >= 0.3 is 0 Å². The van der Waals surface area contributed by atoms with Gasteiger partial charge in [0, 0.05) is 24.9 Å². The summed E-state index contributed by atoms with van der Waals surface area (Å²) in [6.07, 6.45) is 6.44. The van der Waals surface area contributed by atoms with E-state index in [1.165, 1.54) is 0 Å². The van der Waals surface area contributed by atoms with Gasteiger partial charge in [0.05, 0.1) is 18.6 Å². The Morgan fingerprint density at radius 2 is 2.45 bits per heavy atom. The summed E-state index contributed by atoms with van der Waals surface area (Å²) in [4.78, 5) is 19.0. The quantitative estimate of drug-likeness (QED) is 0.628. The van der Waals surface area contributed by atoms with Crippen LogP contribution in [0.2, 0.25) is 0 Å². The first-order chi connectivity index (χ1) is 9.83. The minimum absolute atomic E-state index is 0.00827. The van der Waals surface area contributed by atoms with Gasteiger partial charge in [-0.25, -0.2) is 15.8 Å². The molecule has 0 saturated carbocycles. The molecule has 1 aliphatic heterocycles. The van der Waals surface area contributed by atoms with Gasteiger partial charge in [0.15, 0.2) is 0 Å². The normalized spacial score (nSPS) is 22.0. The Labute approximate surface area is 116 Å². The Hall–Kier alpha value is -2.12. The molecule has 3 rings (SSSR count). The Balaban J connectivity index is 1.44. The smallest absolute Gasteiger partial charge is 0.238 e. The third-order valence-electron chi connectivity index (χ3n) is 3.35. The van der Waals surface area contributed by atoms with Crippen molar-refractivity contribution < 1.29 is 9.21 Å². The summed E-state index contributed by atoms with van der Waals surface area (Å²) in [5.41, 5.74) is 7.08. The fraction of sp³-hybridized carbons (Fsp3) is 0.385. The molecule has 2 unspecified atom stereocenters. The van der Waals surface area contributed by atoms with Gasteiger partial charge in [-0.2, -0.15) is 0 Å². The highest BCUT2D eigenvalue weighted by atomic mass is 16.3. The second kappa shape index (κ2) is 5.89. The largest absolute Gasteiger partial charge is 0.468 e. The number of carbonyl (C=O) groups excluding carboxylic acids is 1. The minimum atomic E-state index is -0.244. The maximum absolute atomic E-state index is 12.0. The highest BCUT2D eigenvalue weighted by Crippen LogP contribution is 2.22. The predicted molar refractivity (Wildman–Crippen MR) is 71.4 cm³/mol. The van der Waals surface area contributed by atoms with Crippen molar-refractivity contribution in [2.45, 2.75) is 24.9 Å². The van der Waals surface area contributed by atoms with Crippen LogP contribution in [-0.2, 0) is 11.2 Å². The third kappa shape index (κ3) is 2.89. The van der Waals surface area contributed by atoms with Crippen molar-refractivity contribution in [1.29, 1.82) is 0 Å². The Morgan fingerprint density at radius 3 is 3.20 bits per heavy atom. The van der Waals surface area contributed by atoms with Crippen molar-refractivity contribution in [3.63, 3.8) is 0 Å². The van der Waals surface area contributed by atoms with E-state index in [4.69, 9.17) is 4.42 Å². The number of carbonyl (C=O) groups is 1. The van der Waals surface area contributed by atoms with E-state index in [2.05, 4.69) is 26.1 Å². The number of rotatable bonds is 5. The van der Waals surface area contributed by atoms with E-state index in [-0.39, 0.29) is 18.0 Å². The number of hydrogen-bond donors (Lipinski definition) is 4. The fourth-order valence-electron chi connectivity index (χ4n) is 2.27. The molecule has 4 N–H and O–H groups in total. The van der Waals surface area contributed by atoms with Crippen LogP contribution in [0.15, 0.2) is 35.3 Å². The summed E-state index contributed by atoms with van der Waals surface area (Å²) < 4.78 is 5.33. The van der Waals surface area contributed by atoms with E-state index in [9.17, 15) is 4.79 Å². The molecule has 0 spiro atoms. The second-order valence-corrected chi connectivity index (χ2v) is 4.76. The van der Waals surface area contributed by atoms with Gasteiger partial charge in [0.25, 0.3) is 0 Å². The SMILES string of the molecule is O=C(NCCc1cnc[nH]1)C1CC(c2ccco2)NN1. The van der Waals surface area contributed by atoms with Crippen LogP contribution in [0.4, 0.5) is 0 Å². The van der Waals surface area contributed by atoms with Gasteiger partial charge in [-0.3, -0.25) is 4.79 Å². The zero-order valence-corrected chi connectivity index (χ0v) is 10.9. The highest BCUT2D eigenvalue weighted by molar-refractivity contribution is 5.82. The molecule has 2 atom stereocenters. The Kier molecular flexibility index (Phi) is 3.80. The van der Waals surface area contributed by atoms with E-state index in [1.54, 1.807) is 18.8 Å². The van der Waals surface area contributed by atoms with Crippen LogP contribution < -0.4 is 16.2 Å². The van der Waals surface area contributed by atoms with Gasteiger partial charge in [0.1, 0.15) is 11.8 Å². The molecule has 7 nitrogen and oxygen atoms in total. The van der Waals surface area contributed by atoms with Crippen molar-refractivity contribution in [1.82, 2.24) is 26.1 Å². The van der Waals surface area contributed by atoms with Crippen LogP contribution in [0.25, 0.3) is 0 Å². The molecule has 0 aliphatic carbocycles. The molecule has 2 aromatic rings. The van der Waals surface area contributed by atoms with Gasteiger partial charge < -0.3 is 14.7 Å². The van der Waals surface area contributed by atoms with Crippen LogP contribution >= 0.6 is 0 Å². The Bertz CT molecular complexity index is 537. The number of amides is 1. The lowest BCUT2D eigenvalue weighted by Crippen LogP contribution is -2.43. The van der Waals surface area contributed by atoms with Crippen molar-refractivity contribution >= 4 is 5.91 Å². The summed E-state index contributed by atoms with van der Waals surface area (Å²) in [5.74, 6) is 0.830. The summed E-state index contributed by atoms with van der Waals surface area (Å²) in [6, 6.07) is 3.53. The standard InChI is InChI=1S/C13H17N5O2/c19-13(15-4-3-9-7-14-8-16-9)11-6-10(17-18-11)12-2-1-5-20-12/h1-2,5,7-8,10-11,17-18H,3-4,6H2,(H,14,16)(H,15,19). The third-order valence-corrected chi connectivity index (χ3v) is 3.35. The number of aromatic nitrogens is 2. The summed E-state index contributed by atoms with van der Waals surface area (Å²) >= 11 is 0. The lowest BCUT2D eigenvalue weighted by Gasteiger charge is -2.09. The molecule has 0 aromatic carbocycles.